The van der Waals surface area contributed by atoms with Gasteiger partial charge in [0.2, 0.25) is 5.91 Å². The summed E-state index contributed by atoms with van der Waals surface area (Å²) in [5.41, 5.74) is 0.709. The largest absolute Gasteiger partial charge is 0.342 e. The number of hydrogen-bond donors (Lipinski definition) is 1. The summed E-state index contributed by atoms with van der Waals surface area (Å²) in [6.45, 7) is 1.67. The molecule has 1 aliphatic rings. The zero-order valence-corrected chi connectivity index (χ0v) is 15.6. The van der Waals surface area contributed by atoms with Gasteiger partial charge in [-0.1, -0.05) is 42.5 Å². The Balaban J connectivity index is 1.39. The van der Waals surface area contributed by atoms with E-state index in [-0.39, 0.29) is 30.0 Å². The number of fused-ring (bicyclic) bond motifs is 1. The fraction of sp³-hybridized carbons (Fsp3) is 0.318. The molecule has 28 heavy (non-hydrogen) atoms. The average Bonchev–Trinajstić information content (AvgIpc) is 3.19. The third kappa shape index (κ3) is 3.76. The predicted octanol–water partition coefficient (Wildman–Crippen LogP) is 2.17. The molecule has 1 unspecified atom stereocenters. The van der Waals surface area contributed by atoms with Gasteiger partial charge in [0.05, 0.1) is 17.3 Å². The molecule has 0 bridgehead atoms. The van der Waals surface area contributed by atoms with Crippen molar-refractivity contribution in [3.8, 4) is 0 Å². The molecule has 1 atom stereocenters. The average molecular weight is 377 g/mol. The number of carbonyl (C=O) groups is 1. The molecule has 6 nitrogen and oxygen atoms in total. The van der Waals surface area contributed by atoms with Gasteiger partial charge >= 0.3 is 0 Å². The molecule has 0 radical (unpaired) electrons. The molecule has 0 saturated carbocycles. The number of nitrogens with one attached hydrogen (secondary N) is 1. The molecule has 2 heterocycles. The number of hydrogen-bond acceptors (Lipinski definition) is 3. The van der Waals surface area contributed by atoms with Crippen molar-refractivity contribution >= 4 is 16.7 Å². The topological polar surface area (TPSA) is 75.2 Å². The maximum atomic E-state index is 12.6. The molecular weight excluding hydrogens is 354 g/mol. The Morgan fingerprint density at radius 2 is 1.71 bits per heavy atom. The van der Waals surface area contributed by atoms with Crippen molar-refractivity contribution in [2.24, 2.45) is 5.92 Å². The lowest BCUT2D eigenvalue weighted by molar-refractivity contribution is -0.130. The van der Waals surface area contributed by atoms with Crippen LogP contribution in [0.2, 0.25) is 0 Å². The summed E-state index contributed by atoms with van der Waals surface area (Å²) in [6, 6.07) is 17.0. The second-order valence-electron chi connectivity index (χ2n) is 7.38. The normalized spacial score (nSPS) is 16.6. The smallest absolute Gasteiger partial charge is 0.273 e. The van der Waals surface area contributed by atoms with Crippen molar-refractivity contribution in [1.29, 1.82) is 0 Å². The van der Waals surface area contributed by atoms with Gasteiger partial charge in [-0.2, -0.15) is 0 Å². The summed E-state index contributed by atoms with van der Waals surface area (Å²) >= 11 is 0. The van der Waals surface area contributed by atoms with Gasteiger partial charge in [0.15, 0.2) is 0 Å². The third-order valence-corrected chi connectivity index (χ3v) is 5.44. The SMILES string of the molecule is O=C(CCn1[nH]c(=O)c2ccccc2c1=O)N1CCC(Cc2ccccc2)C1. The van der Waals surface area contributed by atoms with Crippen LogP contribution in [0.25, 0.3) is 10.8 Å². The Hall–Kier alpha value is -3.15. The van der Waals surface area contributed by atoms with E-state index in [1.165, 1.54) is 10.2 Å². The summed E-state index contributed by atoms with van der Waals surface area (Å²) in [7, 11) is 0. The number of amides is 1. The number of nitrogens with zero attached hydrogens (tertiary/aromatic N) is 2. The highest BCUT2D eigenvalue weighted by molar-refractivity contribution is 5.80. The minimum absolute atomic E-state index is 0.0245. The van der Waals surface area contributed by atoms with E-state index in [0.29, 0.717) is 16.7 Å². The Morgan fingerprint density at radius 1 is 1.00 bits per heavy atom. The summed E-state index contributed by atoms with van der Waals surface area (Å²) in [5, 5.41) is 3.33. The van der Waals surface area contributed by atoms with Gasteiger partial charge in [-0.15, -0.1) is 0 Å². The van der Waals surface area contributed by atoms with Gasteiger partial charge in [0.25, 0.3) is 11.1 Å². The lowest BCUT2D eigenvalue weighted by Gasteiger charge is -2.17. The Bertz CT molecular complexity index is 1100. The van der Waals surface area contributed by atoms with Crippen molar-refractivity contribution in [1.82, 2.24) is 14.7 Å². The molecule has 0 spiro atoms. The minimum atomic E-state index is -0.313. The quantitative estimate of drug-likeness (QED) is 0.740. The molecule has 0 aliphatic carbocycles. The van der Waals surface area contributed by atoms with Gasteiger partial charge in [0.1, 0.15) is 0 Å². The minimum Gasteiger partial charge on any atom is -0.342 e. The van der Waals surface area contributed by atoms with E-state index in [1.807, 2.05) is 23.1 Å². The van der Waals surface area contributed by atoms with Crippen LogP contribution in [0.15, 0.2) is 64.2 Å². The van der Waals surface area contributed by atoms with Crippen molar-refractivity contribution < 1.29 is 4.79 Å². The van der Waals surface area contributed by atoms with Gasteiger partial charge in [-0.05, 0) is 36.5 Å². The third-order valence-electron chi connectivity index (χ3n) is 5.44. The first-order valence-electron chi connectivity index (χ1n) is 9.65. The van der Waals surface area contributed by atoms with Crippen molar-refractivity contribution in [2.75, 3.05) is 13.1 Å². The van der Waals surface area contributed by atoms with Crippen LogP contribution in [0.5, 0.6) is 0 Å². The number of rotatable bonds is 5. The first-order chi connectivity index (χ1) is 13.6. The zero-order chi connectivity index (χ0) is 19.5. The number of carbonyl (C=O) groups excluding carboxylic acids is 1. The Kier molecular flexibility index (Phi) is 5.10. The number of H-pyrrole nitrogens is 1. The highest BCUT2D eigenvalue weighted by atomic mass is 16.2. The molecule has 4 rings (SSSR count). The Morgan fingerprint density at radius 3 is 2.50 bits per heavy atom. The fourth-order valence-electron chi connectivity index (χ4n) is 3.94. The molecule has 6 heteroatoms. The van der Waals surface area contributed by atoms with Gasteiger partial charge in [0, 0.05) is 19.5 Å². The molecule has 1 aliphatic heterocycles. The monoisotopic (exact) mass is 377 g/mol. The molecule has 2 aromatic carbocycles. The van der Waals surface area contributed by atoms with Crippen LogP contribution in [0.4, 0.5) is 0 Å². The van der Waals surface area contributed by atoms with Crippen molar-refractivity contribution in [3.05, 3.63) is 80.9 Å². The van der Waals surface area contributed by atoms with E-state index >= 15 is 0 Å². The molecule has 3 aromatic rings. The van der Waals surface area contributed by atoms with E-state index in [4.69, 9.17) is 0 Å². The number of aryl methyl sites for hydroxylation is 1. The van der Waals surface area contributed by atoms with Crippen LogP contribution >= 0.6 is 0 Å². The van der Waals surface area contributed by atoms with E-state index < -0.39 is 0 Å². The molecule has 1 aromatic heterocycles. The molecule has 1 saturated heterocycles. The lowest BCUT2D eigenvalue weighted by Crippen LogP contribution is -2.34. The number of aromatic nitrogens is 2. The summed E-state index contributed by atoms with van der Waals surface area (Å²) < 4.78 is 1.25. The summed E-state index contributed by atoms with van der Waals surface area (Å²) in [6.07, 6.45) is 2.17. The first kappa shape index (κ1) is 18.2. The first-order valence-corrected chi connectivity index (χ1v) is 9.65. The van der Waals surface area contributed by atoms with Crippen LogP contribution in [0.3, 0.4) is 0 Å². The second kappa shape index (κ2) is 7.84. The van der Waals surface area contributed by atoms with Crippen LogP contribution in [-0.2, 0) is 17.8 Å². The highest BCUT2D eigenvalue weighted by Crippen LogP contribution is 2.21. The van der Waals surface area contributed by atoms with Crippen LogP contribution in [0.1, 0.15) is 18.4 Å². The van der Waals surface area contributed by atoms with Gasteiger partial charge in [-0.25, -0.2) is 4.68 Å². The van der Waals surface area contributed by atoms with Crippen LogP contribution in [0, 0.1) is 5.92 Å². The maximum Gasteiger partial charge on any atom is 0.273 e. The second-order valence-corrected chi connectivity index (χ2v) is 7.38. The molecule has 1 N–H and O–H groups in total. The van der Waals surface area contributed by atoms with E-state index in [2.05, 4.69) is 17.2 Å². The summed E-state index contributed by atoms with van der Waals surface area (Å²) in [5.74, 6) is 0.492. The van der Waals surface area contributed by atoms with Crippen LogP contribution < -0.4 is 11.1 Å². The predicted molar refractivity (Wildman–Crippen MR) is 108 cm³/mol. The molecule has 1 fully saturated rings. The highest BCUT2D eigenvalue weighted by Gasteiger charge is 2.26. The molecular formula is C22H23N3O3. The van der Waals surface area contributed by atoms with E-state index in [9.17, 15) is 14.4 Å². The van der Waals surface area contributed by atoms with Gasteiger partial charge in [-0.3, -0.25) is 19.5 Å². The van der Waals surface area contributed by atoms with Crippen molar-refractivity contribution in [3.63, 3.8) is 0 Å². The lowest BCUT2D eigenvalue weighted by atomic mass is 9.99. The standard InChI is InChI=1S/C22H23N3O3/c26-20(24-12-10-17(15-24)14-16-6-2-1-3-7-16)11-13-25-22(28)19-9-5-4-8-18(19)21(27)23-25/h1-9,17H,10-15H2,(H,23,27). The van der Waals surface area contributed by atoms with Crippen molar-refractivity contribution in [2.45, 2.75) is 25.8 Å². The summed E-state index contributed by atoms with van der Waals surface area (Å²) in [4.78, 5) is 39.2. The number of benzene rings is 2. The Labute approximate surface area is 162 Å². The molecule has 144 valence electrons. The number of likely N-dealkylation sites (tertiary alicyclic amines) is 1. The number of aromatic amines is 1. The fourth-order valence-corrected chi connectivity index (χ4v) is 3.94. The van der Waals surface area contributed by atoms with Gasteiger partial charge < -0.3 is 4.90 Å². The van der Waals surface area contributed by atoms with E-state index in [0.717, 1.165) is 25.9 Å². The van der Waals surface area contributed by atoms with Crippen LogP contribution in [-0.4, -0.2) is 33.7 Å². The van der Waals surface area contributed by atoms with E-state index in [1.54, 1.807) is 24.3 Å². The maximum absolute atomic E-state index is 12.6. The molecule has 1 amide bonds. The zero-order valence-electron chi connectivity index (χ0n) is 15.6.